The summed E-state index contributed by atoms with van der Waals surface area (Å²) in [6.07, 6.45) is 6.89. The van der Waals surface area contributed by atoms with E-state index in [0.29, 0.717) is 11.1 Å². The summed E-state index contributed by atoms with van der Waals surface area (Å²) in [5.41, 5.74) is 1.26. The molecule has 3 rings (SSSR count). The zero-order valence-corrected chi connectivity index (χ0v) is 8.76. The molecule has 0 bridgehead atoms. The molecular weight excluding hydrogens is 208 g/mol. The smallest absolute Gasteiger partial charge is 0.435 e. The molecule has 0 atom stereocenters. The molecule has 1 aliphatic carbocycles. The van der Waals surface area contributed by atoms with Gasteiger partial charge >= 0.3 is 6.09 Å². The number of carbonyl (C=O) groups is 1. The Morgan fingerprint density at radius 2 is 2.31 bits per heavy atom. The molecule has 2 aromatic heterocycles. The second kappa shape index (κ2) is 3.66. The number of rotatable bonds is 1. The molecule has 0 amide bonds. The number of nitrogens with zero attached hydrogens (tertiary/aromatic N) is 2. The minimum atomic E-state index is -0.414. The van der Waals surface area contributed by atoms with Crippen LogP contribution < -0.4 is 0 Å². The van der Waals surface area contributed by atoms with Crippen LogP contribution in [0.3, 0.4) is 0 Å². The number of furan rings is 1. The fourth-order valence-electron chi connectivity index (χ4n) is 2.10. The van der Waals surface area contributed by atoms with Crippen LogP contribution in [0.1, 0.15) is 25.7 Å². The summed E-state index contributed by atoms with van der Waals surface area (Å²) in [7, 11) is 0. The van der Waals surface area contributed by atoms with Gasteiger partial charge in [-0.15, -0.1) is 0 Å². The molecule has 0 aliphatic heterocycles. The molecule has 0 saturated heterocycles. The maximum atomic E-state index is 11.8. The minimum absolute atomic E-state index is 0.0543. The topological polar surface area (TPSA) is 57.3 Å². The SMILES string of the molecule is O=C(OC1CCCC1)n1ncc2occc21. The molecule has 16 heavy (non-hydrogen) atoms. The van der Waals surface area contributed by atoms with Crippen molar-refractivity contribution in [1.82, 2.24) is 9.78 Å². The van der Waals surface area contributed by atoms with Crippen molar-refractivity contribution in [3.63, 3.8) is 0 Å². The molecule has 2 aromatic rings. The normalized spacial score (nSPS) is 17.0. The van der Waals surface area contributed by atoms with E-state index in [4.69, 9.17) is 9.15 Å². The third kappa shape index (κ3) is 1.48. The Morgan fingerprint density at radius 1 is 1.50 bits per heavy atom. The number of aromatic nitrogens is 2. The molecule has 0 N–H and O–H groups in total. The van der Waals surface area contributed by atoms with Crippen LogP contribution in [0.5, 0.6) is 0 Å². The lowest BCUT2D eigenvalue weighted by atomic mass is 10.3. The van der Waals surface area contributed by atoms with Crippen LogP contribution in [-0.2, 0) is 4.74 Å². The Kier molecular flexibility index (Phi) is 2.16. The predicted octanol–water partition coefficient (Wildman–Crippen LogP) is 2.56. The highest BCUT2D eigenvalue weighted by atomic mass is 16.6. The van der Waals surface area contributed by atoms with E-state index in [1.165, 1.54) is 17.1 Å². The van der Waals surface area contributed by atoms with Crippen molar-refractivity contribution in [2.75, 3.05) is 0 Å². The predicted molar refractivity (Wildman–Crippen MR) is 56.1 cm³/mol. The largest absolute Gasteiger partial charge is 0.461 e. The van der Waals surface area contributed by atoms with Crippen molar-refractivity contribution in [2.24, 2.45) is 0 Å². The number of hydrogen-bond donors (Lipinski definition) is 0. The van der Waals surface area contributed by atoms with Gasteiger partial charge in [0.15, 0.2) is 5.58 Å². The van der Waals surface area contributed by atoms with Crippen LogP contribution in [0, 0.1) is 0 Å². The first-order chi connectivity index (χ1) is 7.84. The van der Waals surface area contributed by atoms with E-state index in [2.05, 4.69) is 5.10 Å². The van der Waals surface area contributed by atoms with Crippen LogP contribution >= 0.6 is 0 Å². The molecule has 0 aromatic carbocycles. The maximum absolute atomic E-state index is 11.8. The van der Waals surface area contributed by atoms with Crippen molar-refractivity contribution in [3.05, 3.63) is 18.5 Å². The first-order valence-electron chi connectivity index (χ1n) is 5.47. The number of carbonyl (C=O) groups excluding carboxylic acids is 1. The van der Waals surface area contributed by atoms with Gasteiger partial charge in [-0.2, -0.15) is 9.78 Å². The van der Waals surface area contributed by atoms with E-state index in [-0.39, 0.29) is 6.10 Å². The monoisotopic (exact) mass is 220 g/mol. The van der Waals surface area contributed by atoms with Gasteiger partial charge in [0.2, 0.25) is 0 Å². The van der Waals surface area contributed by atoms with Gasteiger partial charge in [0, 0.05) is 6.07 Å². The van der Waals surface area contributed by atoms with Gasteiger partial charge < -0.3 is 9.15 Å². The Bertz CT molecular complexity index is 508. The van der Waals surface area contributed by atoms with Gasteiger partial charge in [0.05, 0.1) is 12.5 Å². The molecular formula is C11H12N2O3. The molecule has 0 spiro atoms. The average Bonchev–Trinajstić information content (AvgIpc) is 2.92. The summed E-state index contributed by atoms with van der Waals surface area (Å²) < 4.78 is 11.7. The highest BCUT2D eigenvalue weighted by Crippen LogP contribution is 2.22. The Morgan fingerprint density at radius 3 is 3.12 bits per heavy atom. The van der Waals surface area contributed by atoms with Crippen LogP contribution in [0.15, 0.2) is 22.9 Å². The molecule has 1 aliphatic rings. The van der Waals surface area contributed by atoms with E-state index in [1.807, 2.05) is 0 Å². The molecule has 0 unspecified atom stereocenters. The van der Waals surface area contributed by atoms with Gasteiger partial charge in [0.1, 0.15) is 11.6 Å². The highest BCUT2D eigenvalue weighted by molar-refractivity contribution is 5.84. The van der Waals surface area contributed by atoms with E-state index < -0.39 is 6.09 Å². The Hall–Kier alpha value is -1.78. The molecule has 5 heteroatoms. The zero-order chi connectivity index (χ0) is 11.0. The van der Waals surface area contributed by atoms with Crippen LogP contribution in [0.4, 0.5) is 4.79 Å². The fourth-order valence-corrected chi connectivity index (χ4v) is 2.10. The summed E-state index contributed by atoms with van der Waals surface area (Å²) in [6.45, 7) is 0. The van der Waals surface area contributed by atoms with E-state index in [9.17, 15) is 4.79 Å². The van der Waals surface area contributed by atoms with Gasteiger partial charge in [-0.3, -0.25) is 0 Å². The summed E-state index contributed by atoms with van der Waals surface area (Å²) in [4.78, 5) is 11.8. The van der Waals surface area contributed by atoms with Crippen LogP contribution in [0.25, 0.3) is 11.1 Å². The van der Waals surface area contributed by atoms with Crippen LogP contribution in [-0.4, -0.2) is 22.0 Å². The standard InChI is InChI=1S/C11H12N2O3/c14-11(16-8-3-1-2-4-8)13-9-5-6-15-10(9)7-12-13/h5-8H,1-4H2. The first kappa shape index (κ1) is 9.45. The maximum Gasteiger partial charge on any atom is 0.435 e. The second-order valence-electron chi connectivity index (χ2n) is 4.02. The minimum Gasteiger partial charge on any atom is -0.461 e. The number of fused-ring (bicyclic) bond motifs is 1. The Labute approximate surface area is 92.0 Å². The van der Waals surface area contributed by atoms with Crippen molar-refractivity contribution in [2.45, 2.75) is 31.8 Å². The van der Waals surface area contributed by atoms with Crippen molar-refractivity contribution < 1.29 is 13.9 Å². The van der Waals surface area contributed by atoms with Gasteiger partial charge in [0.25, 0.3) is 0 Å². The second-order valence-corrected chi connectivity index (χ2v) is 4.02. The van der Waals surface area contributed by atoms with Gasteiger partial charge in [-0.25, -0.2) is 4.79 Å². The molecule has 1 fully saturated rings. The summed E-state index contributed by atoms with van der Waals surface area (Å²) in [5.74, 6) is 0. The van der Waals surface area contributed by atoms with Gasteiger partial charge in [-0.1, -0.05) is 0 Å². The van der Waals surface area contributed by atoms with E-state index in [0.717, 1.165) is 25.7 Å². The molecule has 2 heterocycles. The van der Waals surface area contributed by atoms with Gasteiger partial charge in [-0.05, 0) is 25.7 Å². The average molecular weight is 220 g/mol. The van der Waals surface area contributed by atoms with Crippen molar-refractivity contribution in [1.29, 1.82) is 0 Å². The molecule has 0 radical (unpaired) electrons. The number of hydrogen-bond acceptors (Lipinski definition) is 4. The third-order valence-electron chi connectivity index (χ3n) is 2.93. The van der Waals surface area contributed by atoms with Crippen LogP contribution in [0.2, 0.25) is 0 Å². The van der Waals surface area contributed by atoms with E-state index >= 15 is 0 Å². The molecule has 5 nitrogen and oxygen atoms in total. The van der Waals surface area contributed by atoms with E-state index in [1.54, 1.807) is 6.07 Å². The zero-order valence-electron chi connectivity index (χ0n) is 8.76. The summed E-state index contributed by atoms with van der Waals surface area (Å²) in [5, 5.41) is 3.95. The fraction of sp³-hybridized carbons (Fsp3) is 0.455. The van der Waals surface area contributed by atoms with Crippen molar-refractivity contribution >= 4 is 17.2 Å². The lowest BCUT2D eigenvalue weighted by Crippen LogP contribution is -2.20. The lowest BCUT2D eigenvalue weighted by Gasteiger charge is -2.10. The summed E-state index contributed by atoms with van der Waals surface area (Å²) in [6, 6.07) is 1.71. The summed E-state index contributed by atoms with van der Waals surface area (Å²) >= 11 is 0. The lowest BCUT2D eigenvalue weighted by molar-refractivity contribution is 0.100. The first-order valence-corrected chi connectivity index (χ1v) is 5.47. The third-order valence-corrected chi connectivity index (χ3v) is 2.93. The number of ether oxygens (including phenoxy) is 1. The molecule has 84 valence electrons. The highest BCUT2D eigenvalue weighted by Gasteiger charge is 2.21. The van der Waals surface area contributed by atoms with Crippen molar-refractivity contribution in [3.8, 4) is 0 Å². The molecule has 1 saturated carbocycles. The Balaban J connectivity index is 1.81. The quantitative estimate of drug-likeness (QED) is 0.741.